The molecule has 1 saturated heterocycles. The summed E-state index contributed by atoms with van der Waals surface area (Å²) in [6.45, 7) is 0. The number of aliphatic hydroxyl groups excluding tert-OH is 1. The van der Waals surface area contributed by atoms with Crippen molar-refractivity contribution in [2.45, 2.75) is 6.04 Å². The molecule has 0 spiro atoms. The van der Waals surface area contributed by atoms with Gasteiger partial charge in [0.1, 0.15) is 34.7 Å². The van der Waals surface area contributed by atoms with Crippen LogP contribution < -0.4 is 14.4 Å². The minimum Gasteiger partial charge on any atom is -0.506 e. The van der Waals surface area contributed by atoms with Gasteiger partial charge in [-0.3, -0.25) is 14.5 Å². The van der Waals surface area contributed by atoms with E-state index in [1.54, 1.807) is 41.8 Å². The van der Waals surface area contributed by atoms with Gasteiger partial charge in [0.2, 0.25) is 0 Å². The van der Waals surface area contributed by atoms with Crippen LogP contribution in [0.2, 0.25) is 0 Å². The van der Waals surface area contributed by atoms with Gasteiger partial charge in [-0.05, 0) is 41.8 Å². The quantitative estimate of drug-likeness (QED) is 0.359. The van der Waals surface area contributed by atoms with Crippen LogP contribution in [-0.4, -0.2) is 31.0 Å². The third-order valence-corrected chi connectivity index (χ3v) is 5.93. The maximum Gasteiger partial charge on any atom is 0.300 e. The Kier molecular flexibility index (Phi) is 5.48. The number of benzene rings is 2. The molecule has 1 aliphatic heterocycles. The topological polar surface area (TPSA) is 76.1 Å². The van der Waals surface area contributed by atoms with E-state index < -0.39 is 29.3 Å². The number of ether oxygens (including phenoxy) is 2. The van der Waals surface area contributed by atoms with Crippen molar-refractivity contribution in [2.24, 2.45) is 0 Å². The lowest BCUT2D eigenvalue weighted by atomic mass is 9.98. The minimum atomic E-state index is -0.934. The summed E-state index contributed by atoms with van der Waals surface area (Å²) in [6.07, 6.45) is 0. The van der Waals surface area contributed by atoms with E-state index in [1.165, 1.54) is 48.7 Å². The highest BCUT2D eigenvalue weighted by molar-refractivity contribution is 7.10. The third-order valence-electron chi connectivity index (χ3n) is 5.01. The van der Waals surface area contributed by atoms with Crippen molar-refractivity contribution in [3.63, 3.8) is 0 Å². The first-order valence-corrected chi connectivity index (χ1v) is 10.2. The summed E-state index contributed by atoms with van der Waals surface area (Å²) >= 11 is 1.32. The van der Waals surface area contributed by atoms with Gasteiger partial charge in [0.25, 0.3) is 11.7 Å². The number of carbonyl (C=O) groups is 2. The van der Waals surface area contributed by atoms with Crippen LogP contribution in [0.1, 0.15) is 16.5 Å². The normalized spacial score (nSPS) is 17.8. The summed E-state index contributed by atoms with van der Waals surface area (Å²) < 4.78 is 24.6. The highest BCUT2D eigenvalue weighted by Crippen LogP contribution is 2.46. The van der Waals surface area contributed by atoms with Gasteiger partial charge in [-0.1, -0.05) is 18.2 Å². The molecule has 1 aliphatic rings. The van der Waals surface area contributed by atoms with E-state index in [0.29, 0.717) is 4.88 Å². The maximum atomic E-state index is 13.9. The molecule has 8 heteroatoms. The van der Waals surface area contributed by atoms with Crippen LogP contribution in [-0.2, 0) is 9.59 Å². The smallest absolute Gasteiger partial charge is 0.300 e. The summed E-state index contributed by atoms with van der Waals surface area (Å²) in [6, 6.07) is 12.9. The van der Waals surface area contributed by atoms with Gasteiger partial charge < -0.3 is 14.6 Å². The van der Waals surface area contributed by atoms with E-state index in [1.807, 2.05) is 0 Å². The fourth-order valence-electron chi connectivity index (χ4n) is 3.66. The first kappa shape index (κ1) is 20.6. The Hall–Kier alpha value is -3.65. The van der Waals surface area contributed by atoms with Gasteiger partial charge in [0, 0.05) is 10.6 Å². The van der Waals surface area contributed by atoms with Crippen LogP contribution in [0.4, 0.5) is 10.1 Å². The second-order valence-corrected chi connectivity index (χ2v) is 7.68. The molecule has 2 aromatic carbocycles. The van der Waals surface area contributed by atoms with Crippen molar-refractivity contribution in [1.82, 2.24) is 0 Å². The molecule has 1 fully saturated rings. The van der Waals surface area contributed by atoms with Crippen molar-refractivity contribution in [1.29, 1.82) is 0 Å². The molecule has 1 aromatic heterocycles. The lowest BCUT2D eigenvalue weighted by Gasteiger charge is -2.24. The number of halogens is 1. The van der Waals surface area contributed by atoms with Crippen molar-refractivity contribution < 1.29 is 28.6 Å². The highest BCUT2D eigenvalue weighted by Gasteiger charge is 2.48. The minimum absolute atomic E-state index is 0.125. The van der Waals surface area contributed by atoms with Gasteiger partial charge in [-0.25, -0.2) is 4.39 Å². The second-order valence-electron chi connectivity index (χ2n) is 6.70. The van der Waals surface area contributed by atoms with Crippen LogP contribution in [0, 0.1) is 5.82 Å². The predicted molar refractivity (Wildman–Crippen MR) is 115 cm³/mol. The largest absolute Gasteiger partial charge is 0.506 e. The molecule has 1 amide bonds. The van der Waals surface area contributed by atoms with E-state index in [4.69, 9.17) is 9.47 Å². The Morgan fingerprint density at radius 3 is 2.29 bits per heavy atom. The number of aliphatic hydroxyl groups is 1. The summed E-state index contributed by atoms with van der Waals surface area (Å²) in [5.74, 6) is -2.16. The zero-order valence-electron chi connectivity index (χ0n) is 16.7. The summed E-state index contributed by atoms with van der Waals surface area (Å²) in [5.41, 5.74) is 0.248. The Bertz CT molecular complexity index is 1170. The summed E-state index contributed by atoms with van der Waals surface area (Å²) in [7, 11) is 2.85. The SMILES string of the molecule is COc1cccc(OC)c1/C(O)=C1\C(=O)C(=O)N(c2cccc(F)c2)C1c1cccs1. The molecule has 0 saturated carbocycles. The van der Waals surface area contributed by atoms with E-state index in [-0.39, 0.29) is 28.3 Å². The number of methoxy groups -OCH3 is 2. The number of hydrogen-bond acceptors (Lipinski definition) is 6. The Morgan fingerprint density at radius 1 is 1.03 bits per heavy atom. The maximum absolute atomic E-state index is 13.9. The van der Waals surface area contributed by atoms with Gasteiger partial charge in [0.15, 0.2) is 0 Å². The van der Waals surface area contributed by atoms with Crippen molar-refractivity contribution in [3.05, 3.63) is 81.8 Å². The molecule has 6 nitrogen and oxygen atoms in total. The first-order chi connectivity index (χ1) is 15.0. The van der Waals surface area contributed by atoms with Gasteiger partial charge in [0.05, 0.1) is 19.8 Å². The van der Waals surface area contributed by atoms with E-state index >= 15 is 0 Å². The first-order valence-electron chi connectivity index (χ1n) is 9.29. The lowest BCUT2D eigenvalue weighted by Crippen LogP contribution is -2.29. The molecule has 1 N–H and O–H groups in total. The summed E-state index contributed by atoms with van der Waals surface area (Å²) in [5, 5.41) is 13.1. The number of nitrogens with zero attached hydrogens (tertiary/aromatic N) is 1. The number of anilines is 1. The number of Topliss-reactive ketones (excluding diaryl/α,β-unsaturated/α-hetero) is 1. The molecule has 3 aromatic rings. The molecule has 31 heavy (non-hydrogen) atoms. The third kappa shape index (κ3) is 3.44. The van der Waals surface area contributed by atoms with Crippen LogP contribution in [0.5, 0.6) is 11.5 Å². The zero-order chi connectivity index (χ0) is 22.1. The van der Waals surface area contributed by atoms with Crippen LogP contribution in [0.25, 0.3) is 5.76 Å². The molecule has 158 valence electrons. The fraction of sp³-hybridized carbons (Fsp3) is 0.130. The fourth-order valence-corrected chi connectivity index (χ4v) is 4.48. The molecular formula is C23H18FNO5S. The molecule has 0 radical (unpaired) electrons. The van der Waals surface area contributed by atoms with E-state index in [9.17, 15) is 19.1 Å². The van der Waals surface area contributed by atoms with Crippen LogP contribution in [0.3, 0.4) is 0 Å². The molecule has 4 rings (SSSR count). The number of thiophene rings is 1. The van der Waals surface area contributed by atoms with Crippen molar-refractivity contribution in [3.8, 4) is 11.5 Å². The number of hydrogen-bond donors (Lipinski definition) is 1. The molecular weight excluding hydrogens is 421 g/mol. The second kappa shape index (κ2) is 8.23. The predicted octanol–water partition coefficient (Wildman–Crippen LogP) is 4.53. The number of rotatable bonds is 5. The average Bonchev–Trinajstić information content (AvgIpc) is 3.39. The van der Waals surface area contributed by atoms with Gasteiger partial charge in [-0.15, -0.1) is 11.3 Å². The van der Waals surface area contributed by atoms with Crippen LogP contribution >= 0.6 is 11.3 Å². The number of carbonyl (C=O) groups excluding carboxylic acids is 2. The molecule has 1 unspecified atom stereocenters. The molecule has 1 atom stereocenters. The monoisotopic (exact) mass is 439 g/mol. The van der Waals surface area contributed by atoms with E-state index in [2.05, 4.69) is 0 Å². The Labute approximate surface area is 181 Å². The number of amides is 1. The molecule has 2 heterocycles. The van der Waals surface area contributed by atoms with Crippen LogP contribution in [0.15, 0.2) is 65.6 Å². The zero-order valence-corrected chi connectivity index (χ0v) is 17.5. The Morgan fingerprint density at radius 2 is 1.71 bits per heavy atom. The lowest BCUT2D eigenvalue weighted by molar-refractivity contribution is -0.132. The van der Waals surface area contributed by atoms with Crippen molar-refractivity contribution in [2.75, 3.05) is 19.1 Å². The molecule has 0 bridgehead atoms. The number of ketones is 1. The summed E-state index contributed by atoms with van der Waals surface area (Å²) in [4.78, 5) is 28.0. The van der Waals surface area contributed by atoms with Crippen molar-refractivity contribution >= 4 is 34.5 Å². The van der Waals surface area contributed by atoms with Gasteiger partial charge >= 0.3 is 0 Å². The van der Waals surface area contributed by atoms with Gasteiger partial charge in [-0.2, -0.15) is 0 Å². The average molecular weight is 439 g/mol. The van der Waals surface area contributed by atoms with E-state index in [0.717, 1.165) is 0 Å². The molecule has 0 aliphatic carbocycles. The Balaban J connectivity index is 1.99. The highest BCUT2D eigenvalue weighted by atomic mass is 32.1. The standard InChI is InChI=1S/C23H18FNO5S/c1-29-15-8-4-9-16(30-2)18(15)21(26)19-20(17-10-5-11-31-17)25(23(28)22(19)27)14-7-3-6-13(24)12-14/h3-12,20,26H,1-2H3/b21-19+.